The second-order valence-electron chi connectivity index (χ2n) is 5.40. The first-order valence-corrected chi connectivity index (χ1v) is 8.21. The lowest BCUT2D eigenvalue weighted by molar-refractivity contribution is 0.0682. The largest absolute Gasteiger partial charge is 0.489 e. The summed E-state index contributed by atoms with van der Waals surface area (Å²) in [5, 5.41) is 7.81. The molecule has 2 heterocycles. The zero-order valence-corrected chi connectivity index (χ0v) is 13.8. The highest BCUT2D eigenvalue weighted by atomic mass is 35.5. The van der Waals surface area contributed by atoms with Gasteiger partial charge in [-0.15, -0.1) is 0 Å². The standard InChI is InChI=1S/C16H20ClN3O3/c1-2-16-19-15(20-23-16)9-18-13-8-11(17)5-6-14(13)22-10-12-4-3-7-21-12/h5-6,8,12,18H,2-4,7,9-10H2,1H3/t12-/m1/s1. The molecule has 124 valence electrons. The molecule has 0 bridgehead atoms. The van der Waals surface area contributed by atoms with Crippen LogP contribution in [0.15, 0.2) is 22.7 Å². The van der Waals surface area contributed by atoms with Crippen LogP contribution >= 0.6 is 11.6 Å². The zero-order valence-electron chi connectivity index (χ0n) is 13.0. The highest BCUT2D eigenvalue weighted by Gasteiger charge is 2.17. The summed E-state index contributed by atoms with van der Waals surface area (Å²) in [6, 6.07) is 5.49. The van der Waals surface area contributed by atoms with Crippen LogP contribution in [0.3, 0.4) is 0 Å². The Balaban J connectivity index is 1.63. The summed E-state index contributed by atoms with van der Waals surface area (Å²) in [6.45, 7) is 3.77. The predicted octanol–water partition coefficient (Wildman–Crippen LogP) is 3.46. The van der Waals surface area contributed by atoms with Gasteiger partial charge in [0.2, 0.25) is 5.89 Å². The van der Waals surface area contributed by atoms with Crippen molar-refractivity contribution in [3.8, 4) is 5.75 Å². The second-order valence-corrected chi connectivity index (χ2v) is 5.83. The summed E-state index contributed by atoms with van der Waals surface area (Å²) in [5.74, 6) is 1.97. The number of aryl methyl sites for hydroxylation is 1. The molecule has 7 heteroatoms. The van der Waals surface area contributed by atoms with Gasteiger partial charge < -0.3 is 19.3 Å². The first-order valence-electron chi connectivity index (χ1n) is 7.84. The molecule has 0 unspecified atom stereocenters. The summed E-state index contributed by atoms with van der Waals surface area (Å²) in [5.41, 5.74) is 0.804. The van der Waals surface area contributed by atoms with Gasteiger partial charge in [-0.25, -0.2) is 0 Å². The van der Waals surface area contributed by atoms with Crippen molar-refractivity contribution < 1.29 is 14.0 Å². The van der Waals surface area contributed by atoms with Crippen molar-refractivity contribution in [2.24, 2.45) is 0 Å². The quantitative estimate of drug-likeness (QED) is 0.834. The van der Waals surface area contributed by atoms with E-state index in [2.05, 4.69) is 15.5 Å². The van der Waals surface area contributed by atoms with E-state index < -0.39 is 0 Å². The van der Waals surface area contributed by atoms with Gasteiger partial charge >= 0.3 is 0 Å². The highest BCUT2D eigenvalue weighted by Crippen LogP contribution is 2.29. The monoisotopic (exact) mass is 337 g/mol. The summed E-state index contributed by atoms with van der Waals surface area (Å²) < 4.78 is 16.6. The van der Waals surface area contributed by atoms with Gasteiger partial charge in [-0.2, -0.15) is 4.98 Å². The van der Waals surface area contributed by atoms with Crippen LogP contribution in [0.2, 0.25) is 5.02 Å². The molecule has 1 N–H and O–H groups in total. The number of hydrogen-bond acceptors (Lipinski definition) is 6. The van der Waals surface area contributed by atoms with E-state index in [4.69, 9.17) is 25.6 Å². The van der Waals surface area contributed by atoms with Crippen LogP contribution in [-0.2, 0) is 17.7 Å². The Morgan fingerprint density at radius 3 is 3.09 bits per heavy atom. The van der Waals surface area contributed by atoms with Crippen molar-refractivity contribution in [2.45, 2.75) is 38.8 Å². The third-order valence-corrected chi connectivity index (χ3v) is 3.87. The van der Waals surface area contributed by atoms with E-state index in [-0.39, 0.29) is 6.10 Å². The molecule has 1 atom stereocenters. The number of anilines is 1. The Morgan fingerprint density at radius 1 is 1.43 bits per heavy atom. The van der Waals surface area contributed by atoms with Crippen molar-refractivity contribution in [1.29, 1.82) is 0 Å². The average Bonchev–Trinajstić information content (AvgIpc) is 3.23. The molecular weight excluding hydrogens is 318 g/mol. The molecule has 1 aliphatic rings. The molecule has 1 aromatic heterocycles. The Labute approximate surface area is 140 Å². The first kappa shape index (κ1) is 16.1. The lowest BCUT2D eigenvalue weighted by atomic mass is 10.2. The van der Waals surface area contributed by atoms with E-state index in [1.807, 2.05) is 19.1 Å². The van der Waals surface area contributed by atoms with Gasteiger partial charge in [0, 0.05) is 18.1 Å². The Hall–Kier alpha value is -1.79. The van der Waals surface area contributed by atoms with E-state index in [9.17, 15) is 0 Å². The highest BCUT2D eigenvalue weighted by molar-refractivity contribution is 6.30. The summed E-state index contributed by atoms with van der Waals surface area (Å²) in [4.78, 5) is 4.27. The van der Waals surface area contributed by atoms with Crippen molar-refractivity contribution in [3.63, 3.8) is 0 Å². The Morgan fingerprint density at radius 2 is 2.35 bits per heavy atom. The SMILES string of the molecule is CCc1nc(CNc2cc(Cl)ccc2OC[C@H]2CCCO2)no1. The van der Waals surface area contributed by atoms with Crippen LogP contribution in [0.4, 0.5) is 5.69 Å². The van der Waals surface area contributed by atoms with E-state index in [0.717, 1.165) is 37.3 Å². The first-order chi connectivity index (χ1) is 11.2. The predicted molar refractivity (Wildman–Crippen MR) is 86.9 cm³/mol. The molecule has 1 fully saturated rings. The third kappa shape index (κ3) is 4.36. The maximum atomic E-state index is 6.08. The minimum absolute atomic E-state index is 0.169. The number of halogens is 1. The van der Waals surface area contributed by atoms with Gasteiger partial charge in [0.25, 0.3) is 0 Å². The van der Waals surface area contributed by atoms with E-state index in [1.165, 1.54) is 0 Å². The van der Waals surface area contributed by atoms with Crippen LogP contribution < -0.4 is 10.1 Å². The summed E-state index contributed by atoms with van der Waals surface area (Å²) in [6.07, 6.45) is 3.03. The summed E-state index contributed by atoms with van der Waals surface area (Å²) in [7, 11) is 0. The van der Waals surface area contributed by atoms with Crippen LogP contribution in [-0.4, -0.2) is 29.5 Å². The molecule has 0 saturated carbocycles. The van der Waals surface area contributed by atoms with Crippen molar-refractivity contribution in [2.75, 3.05) is 18.5 Å². The van der Waals surface area contributed by atoms with Crippen molar-refractivity contribution in [1.82, 2.24) is 10.1 Å². The molecule has 0 radical (unpaired) electrons. The molecule has 0 spiro atoms. The zero-order chi connectivity index (χ0) is 16.1. The average molecular weight is 338 g/mol. The Bertz CT molecular complexity index is 641. The minimum Gasteiger partial charge on any atom is -0.489 e. The van der Waals surface area contributed by atoms with Crippen LogP contribution in [0, 0.1) is 0 Å². The van der Waals surface area contributed by atoms with Gasteiger partial charge in [-0.3, -0.25) is 0 Å². The van der Waals surface area contributed by atoms with Crippen molar-refractivity contribution >= 4 is 17.3 Å². The van der Waals surface area contributed by atoms with Crippen LogP contribution in [0.25, 0.3) is 0 Å². The molecular formula is C16H20ClN3O3. The molecule has 3 rings (SSSR count). The lowest BCUT2D eigenvalue weighted by Crippen LogP contribution is -2.17. The molecule has 0 aliphatic carbocycles. The van der Waals surface area contributed by atoms with E-state index >= 15 is 0 Å². The molecule has 0 amide bonds. The molecule has 1 aliphatic heterocycles. The van der Waals surface area contributed by atoms with E-state index in [1.54, 1.807) is 6.07 Å². The smallest absolute Gasteiger partial charge is 0.226 e. The summed E-state index contributed by atoms with van der Waals surface area (Å²) >= 11 is 6.08. The van der Waals surface area contributed by atoms with Gasteiger partial charge in [0.05, 0.1) is 18.3 Å². The maximum absolute atomic E-state index is 6.08. The molecule has 6 nitrogen and oxygen atoms in total. The Kier molecular flexibility index (Phi) is 5.35. The maximum Gasteiger partial charge on any atom is 0.226 e. The fourth-order valence-electron chi connectivity index (χ4n) is 2.40. The number of ether oxygens (including phenoxy) is 2. The minimum atomic E-state index is 0.169. The number of aromatic nitrogens is 2. The normalized spacial score (nSPS) is 17.4. The third-order valence-electron chi connectivity index (χ3n) is 3.64. The van der Waals surface area contributed by atoms with E-state index in [0.29, 0.717) is 29.9 Å². The van der Waals surface area contributed by atoms with Crippen LogP contribution in [0.5, 0.6) is 5.75 Å². The van der Waals surface area contributed by atoms with Gasteiger partial charge in [0.1, 0.15) is 12.4 Å². The topological polar surface area (TPSA) is 69.4 Å². The second kappa shape index (κ2) is 7.66. The molecule has 23 heavy (non-hydrogen) atoms. The van der Waals surface area contributed by atoms with Crippen LogP contribution in [0.1, 0.15) is 31.5 Å². The molecule has 2 aromatic rings. The fourth-order valence-corrected chi connectivity index (χ4v) is 2.58. The number of nitrogens with zero attached hydrogens (tertiary/aromatic N) is 2. The lowest BCUT2D eigenvalue weighted by Gasteiger charge is -2.15. The molecule has 1 aromatic carbocycles. The number of hydrogen-bond donors (Lipinski definition) is 1. The number of rotatable bonds is 7. The fraction of sp³-hybridized carbons (Fsp3) is 0.500. The van der Waals surface area contributed by atoms with Gasteiger partial charge in [-0.1, -0.05) is 23.7 Å². The van der Waals surface area contributed by atoms with Gasteiger partial charge in [0.15, 0.2) is 5.82 Å². The molecule has 1 saturated heterocycles. The van der Waals surface area contributed by atoms with Gasteiger partial charge in [-0.05, 0) is 31.0 Å². The number of nitrogens with one attached hydrogen (secondary N) is 1. The number of benzene rings is 1. The van der Waals surface area contributed by atoms with Crippen molar-refractivity contribution in [3.05, 3.63) is 34.9 Å².